The van der Waals surface area contributed by atoms with Gasteiger partial charge in [-0.3, -0.25) is 0 Å². The Morgan fingerprint density at radius 2 is 0.547 bits per heavy atom. The molecule has 0 spiro atoms. The first-order valence-corrected chi connectivity index (χ1v) is 30.5. The van der Waals surface area contributed by atoms with Gasteiger partial charge in [0.2, 0.25) is 0 Å². The van der Waals surface area contributed by atoms with Crippen molar-refractivity contribution in [3.05, 3.63) is 310 Å². The van der Waals surface area contributed by atoms with Gasteiger partial charge in [0.25, 0.3) is 0 Å². The van der Waals surface area contributed by atoms with Crippen LogP contribution in [0, 0.1) is 0 Å². The largest absolute Gasteiger partial charge is 0.310 e. The molecule has 0 radical (unpaired) electrons. The van der Waals surface area contributed by atoms with Gasteiger partial charge in [0.1, 0.15) is 0 Å². The Bertz CT molecular complexity index is 4090. The van der Waals surface area contributed by atoms with Crippen LogP contribution in [0.1, 0.15) is 125 Å². The fourth-order valence-electron chi connectivity index (χ4n) is 13.1. The van der Waals surface area contributed by atoms with Gasteiger partial charge in [0.15, 0.2) is 0 Å². The normalized spacial score (nSPS) is 13.8. The average molecular weight is 1110 g/mol. The molecule has 2 nitrogen and oxygen atoms in total. The zero-order valence-electron chi connectivity index (χ0n) is 51.5. The van der Waals surface area contributed by atoms with E-state index >= 15 is 0 Å². The standard InChI is InChI=1S/C84H76N2/c1-81(2,3)65-37-41-67(42-38-65)85(69-25-17-23-63(53-69)61-19-13-11-14-20-61)71-45-49-75-73-47-35-59(51-77(73)83(7,8)79(75)55-71)33-31-57-27-29-58(30-28-57)32-34-60-36-48-74-76-50-46-72(56-80(76)84(9,10)78(74)52-60)86(68-43-39-66(40-44-68)82(4,5)6)70-26-18-24-64(54-70)62-21-15-12-16-22-62/h11-56H,1-10H3/b33-31+,34-32+. The van der Waals surface area contributed by atoms with E-state index in [0.717, 1.165) is 34.1 Å². The molecule has 13 rings (SSSR count). The molecule has 0 unspecified atom stereocenters. The summed E-state index contributed by atoms with van der Waals surface area (Å²) in [5, 5.41) is 0. The van der Waals surface area contributed by atoms with E-state index < -0.39 is 0 Å². The number of rotatable bonds is 12. The lowest BCUT2D eigenvalue weighted by Gasteiger charge is -2.29. The SMILES string of the molecule is CC(C)(C)c1ccc(N(c2cccc(-c3ccccc3)c2)c2ccc3c(c2)C(C)(C)c2cc(/C=C/c4ccc(/C=C/c5ccc6c(c5)C(C)(C)c5cc(N(c7ccc(C(C)(C)C)cc7)c7cccc(-c8ccccc8)c7)ccc5-6)cc4)ccc2-3)cc1. The summed E-state index contributed by atoms with van der Waals surface area (Å²) in [5.74, 6) is 0. The molecular formula is C84H76N2. The van der Waals surface area contributed by atoms with Crippen molar-refractivity contribution in [2.45, 2.75) is 90.9 Å². The van der Waals surface area contributed by atoms with E-state index in [1.807, 2.05) is 0 Å². The molecule has 2 aliphatic carbocycles. The van der Waals surface area contributed by atoms with Crippen molar-refractivity contribution in [3.63, 3.8) is 0 Å². The molecular weight excluding hydrogens is 1040 g/mol. The van der Waals surface area contributed by atoms with Crippen LogP contribution >= 0.6 is 0 Å². The highest BCUT2D eigenvalue weighted by atomic mass is 15.1. The third-order valence-corrected chi connectivity index (χ3v) is 18.2. The van der Waals surface area contributed by atoms with Crippen LogP contribution in [-0.2, 0) is 21.7 Å². The predicted molar refractivity (Wildman–Crippen MR) is 370 cm³/mol. The summed E-state index contributed by atoms with van der Waals surface area (Å²) in [6.45, 7) is 23.2. The Hall–Kier alpha value is -9.50. The van der Waals surface area contributed by atoms with Crippen LogP contribution < -0.4 is 9.80 Å². The fourth-order valence-corrected chi connectivity index (χ4v) is 13.1. The molecule has 2 aliphatic rings. The maximum Gasteiger partial charge on any atom is 0.0467 e. The van der Waals surface area contributed by atoms with Gasteiger partial charge in [-0.2, -0.15) is 0 Å². The summed E-state index contributed by atoms with van der Waals surface area (Å²) in [6.07, 6.45) is 9.00. The van der Waals surface area contributed by atoms with E-state index in [2.05, 4.69) is 358 Å². The topological polar surface area (TPSA) is 6.48 Å². The monoisotopic (exact) mass is 1110 g/mol. The molecule has 0 bridgehead atoms. The second kappa shape index (κ2) is 21.8. The number of fused-ring (bicyclic) bond motifs is 6. The van der Waals surface area contributed by atoms with Crippen LogP contribution in [0.25, 0.3) is 68.8 Å². The number of nitrogens with zero attached hydrogens (tertiary/aromatic N) is 2. The zero-order valence-corrected chi connectivity index (χ0v) is 51.5. The first-order valence-electron chi connectivity index (χ1n) is 30.5. The number of hydrogen-bond acceptors (Lipinski definition) is 2. The van der Waals surface area contributed by atoms with Gasteiger partial charge in [-0.25, -0.2) is 0 Å². The molecule has 11 aromatic rings. The van der Waals surface area contributed by atoms with Crippen molar-refractivity contribution >= 4 is 58.4 Å². The molecule has 0 heterocycles. The summed E-state index contributed by atoms with van der Waals surface area (Å²) < 4.78 is 0. The minimum absolute atomic E-state index is 0.0624. The Balaban J connectivity index is 0.723. The predicted octanol–water partition coefficient (Wildman–Crippen LogP) is 23.5. The zero-order chi connectivity index (χ0) is 59.5. The molecule has 2 heteroatoms. The Morgan fingerprint density at radius 3 is 0.907 bits per heavy atom. The van der Waals surface area contributed by atoms with Gasteiger partial charge in [-0.05, 0) is 184 Å². The first-order chi connectivity index (χ1) is 41.4. The van der Waals surface area contributed by atoms with Crippen LogP contribution in [-0.4, -0.2) is 0 Å². The third-order valence-electron chi connectivity index (χ3n) is 18.2. The lowest BCUT2D eigenvalue weighted by Crippen LogP contribution is -2.17. The van der Waals surface area contributed by atoms with Gasteiger partial charge in [-0.15, -0.1) is 0 Å². The Labute approximate surface area is 511 Å². The fraction of sp³-hybridized carbons (Fsp3) is 0.167. The molecule has 0 aromatic heterocycles. The van der Waals surface area contributed by atoms with E-state index in [4.69, 9.17) is 0 Å². The summed E-state index contributed by atoms with van der Waals surface area (Å²) >= 11 is 0. The molecule has 0 atom stereocenters. The molecule has 0 fully saturated rings. The maximum absolute atomic E-state index is 2.43. The lowest BCUT2D eigenvalue weighted by atomic mass is 9.81. The van der Waals surface area contributed by atoms with E-state index in [1.54, 1.807) is 0 Å². The highest BCUT2D eigenvalue weighted by Gasteiger charge is 2.38. The highest BCUT2D eigenvalue weighted by molar-refractivity contribution is 5.90. The smallest absolute Gasteiger partial charge is 0.0467 e. The van der Waals surface area contributed by atoms with Crippen LogP contribution in [0.4, 0.5) is 34.1 Å². The van der Waals surface area contributed by atoms with Crippen LogP contribution in [0.3, 0.4) is 0 Å². The summed E-state index contributed by atoms with van der Waals surface area (Å²) in [4.78, 5) is 4.84. The first kappa shape index (κ1) is 55.7. The minimum Gasteiger partial charge on any atom is -0.310 e. The van der Waals surface area contributed by atoms with Crippen molar-refractivity contribution in [1.82, 2.24) is 0 Å². The van der Waals surface area contributed by atoms with Gasteiger partial charge >= 0.3 is 0 Å². The van der Waals surface area contributed by atoms with Crippen LogP contribution in [0.5, 0.6) is 0 Å². The highest BCUT2D eigenvalue weighted by Crippen LogP contribution is 2.53. The number of benzene rings is 11. The van der Waals surface area contributed by atoms with E-state index in [0.29, 0.717) is 0 Å². The average Bonchev–Trinajstić information content (AvgIpc) is 4.12. The second-order valence-corrected chi connectivity index (χ2v) is 26.8. The third kappa shape index (κ3) is 10.6. The van der Waals surface area contributed by atoms with Gasteiger partial charge < -0.3 is 9.80 Å². The van der Waals surface area contributed by atoms with Crippen molar-refractivity contribution in [2.75, 3.05) is 9.80 Å². The molecule has 11 aromatic carbocycles. The van der Waals surface area contributed by atoms with E-state index in [9.17, 15) is 0 Å². The minimum atomic E-state index is -0.202. The molecule has 86 heavy (non-hydrogen) atoms. The molecule has 0 amide bonds. The van der Waals surface area contributed by atoms with Crippen LogP contribution in [0.2, 0.25) is 0 Å². The van der Waals surface area contributed by atoms with Gasteiger partial charge in [0, 0.05) is 45.0 Å². The maximum atomic E-state index is 2.43. The van der Waals surface area contributed by atoms with Crippen LogP contribution in [0.15, 0.2) is 255 Å². The molecule has 0 saturated heterocycles. The van der Waals surface area contributed by atoms with E-state index in [-0.39, 0.29) is 21.7 Å². The van der Waals surface area contributed by atoms with E-state index in [1.165, 1.54) is 100 Å². The Kier molecular flexibility index (Phi) is 14.1. The lowest BCUT2D eigenvalue weighted by molar-refractivity contribution is 0.590. The summed E-state index contributed by atoms with van der Waals surface area (Å²) in [5.41, 5.74) is 29.4. The van der Waals surface area contributed by atoms with Crippen molar-refractivity contribution in [1.29, 1.82) is 0 Å². The number of anilines is 6. The molecule has 422 valence electrons. The molecule has 0 saturated carbocycles. The summed E-state index contributed by atoms with van der Waals surface area (Å²) in [6, 6.07) is 94.6. The Morgan fingerprint density at radius 1 is 0.256 bits per heavy atom. The van der Waals surface area contributed by atoms with Crippen molar-refractivity contribution in [2.24, 2.45) is 0 Å². The molecule has 0 N–H and O–H groups in total. The quantitative estimate of drug-likeness (QED) is 0.113. The molecule has 0 aliphatic heterocycles. The van der Waals surface area contributed by atoms with Crippen molar-refractivity contribution in [3.8, 4) is 44.5 Å². The van der Waals surface area contributed by atoms with Crippen molar-refractivity contribution < 1.29 is 0 Å². The number of hydrogen-bond donors (Lipinski definition) is 0. The summed E-state index contributed by atoms with van der Waals surface area (Å²) in [7, 11) is 0. The van der Waals surface area contributed by atoms with Gasteiger partial charge in [0.05, 0.1) is 0 Å². The second-order valence-electron chi connectivity index (χ2n) is 26.8. The van der Waals surface area contributed by atoms with Gasteiger partial charge in [-0.1, -0.05) is 276 Å².